The molecule has 1 aromatic carbocycles. The van der Waals surface area contributed by atoms with E-state index in [1.807, 2.05) is 25.3 Å². The summed E-state index contributed by atoms with van der Waals surface area (Å²) < 4.78 is 23.1. The second-order valence-corrected chi connectivity index (χ2v) is 14.4. The van der Waals surface area contributed by atoms with Crippen molar-refractivity contribution in [2.75, 3.05) is 13.7 Å². The van der Waals surface area contributed by atoms with Gasteiger partial charge in [-0.1, -0.05) is 20.8 Å². The third-order valence-electron chi connectivity index (χ3n) is 5.05. The molecule has 0 N–H and O–H groups in total. The van der Waals surface area contributed by atoms with Gasteiger partial charge in [0.25, 0.3) is 0 Å². The van der Waals surface area contributed by atoms with E-state index in [2.05, 4.69) is 33.9 Å². The number of ether oxygens (including phenoxy) is 3. The number of rotatable bonds is 8. The highest BCUT2D eigenvalue weighted by atomic mass is 32.1. The summed E-state index contributed by atoms with van der Waals surface area (Å²) in [5, 5.41) is 2.90. The predicted octanol–water partition coefficient (Wildman–Crippen LogP) is 6.42. The fraction of sp³-hybridized carbons (Fsp3) is 0.500. The Morgan fingerprint density at radius 1 is 1.14 bits per heavy atom. The van der Waals surface area contributed by atoms with Crippen molar-refractivity contribution in [1.82, 2.24) is 0 Å². The van der Waals surface area contributed by atoms with Crippen LogP contribution < -0.4 is 9.47 Å². The van der Waals surface area contributed by atoms with Crippen molar-refractivity contribution in [3.8, 4) is 16.6 Å². The Hall–Kier alpha value is -1.83. The van der Waals surface area contributed by atoms with Crippen molar-refractivity contribution in [3.05, 3.63) is 40.8 Å². The van der Waals surface area contributed by atoms with Crippen LogP contribution in [-0.4, -0.2) is 34.1 Å². The van der Waals surface area contributed by atoms with Crippen LogP contribution >= 0.6 is 11.3 Å². The van der Waals surface area contributed by atoms with E-state index in [-0.39, 0.29) is 11.1 Å². The van der Waals surface area contributed by atoms with Crippen molar-refractivity contribution in [1.29, 1.82) is 0 Å². The van der Waals surface area contributed by atoms with Crippen LogP contribution in [0.3, 0.4) is 0 Å². The largest absolute Gasteiger partial charge is 0.488 e. The van der Waals surface area contributed by atoms with Crippen molar-refractivity contribution in [2.45, 2.75) is 58.9 Å². The molecule has 0 saturated heterocycles. The van der Waals surface area contributed by atoms with Crippen LogP contribution in [0, 0.1) is 6.92 Å². The molecule has 0 aliphatic carbocycles. The lowest BCUT2D eigenvalue weighted by atomic mass is 10.2. The highest BCUT2D eigenvalue weighted by molar-refractivity contribution is 7.12. The monoisotopic (exact) mass is 436 g/mol. The molecule has 0 aliphatic rings. The molecule has 0 unspecified atom stereocenters. The predicted molar refractivity (Wildman–Crippen MR) is 120 cm³/mol. The molecule has 1 heterocycles. The number of hydrogen-bond acceptors (Lipinski definition) is 6. The van der Waals surface area contributed by atoms with Crippen molar-refractivity contribution >= 4 is 25.6 Å². The molecule has 0 saturated carbocycles. The number of benzene rings is 1. The Kier molecular flexibility index (Phi) is 7.54. The first kappa shape index (κ1) is 23.4. The van der Waals surface area contributed by atoms with E-state index in [1.165, 1.54) is 18.4 Å². The normalized spacial score (nSPS) is 13.1. The Balaban J connectivity index is 2.15. The molecule has 1 aromatic heterocycles. The molecular formula is C22H32O5SSi. The first-order valence-electron chi connectivity index (χ1n) is 9.68. The molecule has 2 rings (SSSR count). The van der Waals surface area contributed by atoms with Gasteiger partial charge in [-0.3, -0.25) is 0 Å². The second-order valence-electron chi connectivity index (χ2n) is 8.73. The van der Waals surface area contributed by atoms with Gasteiger partial charge in [-0.15, -0.1) is 11.3 Å². The first-order valence-corrected chi connectivity index (χ1v) is 13.5. The number of esters is 1. The van der Waals surface area contributed by atoms with Gasteiger partial charge in [0.15, 0.2) is 13.4 Å². The minimum atomic E-state index is -1.86. The molecule has 5 nitrogen and oxygen atoms in total. The Morgan fingerprint density at radius 3 is 2.34 bits per heavy atom. The molecule has 2 aromatic rings. The van der Waals surface area contributed by atoms with E-state index in [4.69, 9.17) is 18.6 Å². The van der Waals surface area contributed by atoms with Gasteiger partial charge in [0.1, 0.15) is 17.6 Å². The van der Waals surface area contributed by atoms with Gasteiger partial charge in [-0.05, 0) is 61.1 Å². The number of aryl methyl sites for hydroxylation is 1. The van der Waals surface area contributed by atoms with Gasteiger partial charge in [-0.2, -0.15) is 0 Å². The summed E-state index contributed by atoms with van der Waals surface area (Å²) in [6.07, 6.45) is -0.172. The average molecular weight is 437 g/mol. The van der Waals surface area contributed by atoms with E-state index in [1.54, 1.807) is 18.2 Å². The van der Waals surface area contributed by atoms with Crippen molar-refractivity contribution < 1.29 is 23.4 Å². The van der Waals surface area contributed by atoms with E-state index in [0.29, 0.717) is 23.7 Å². The van der Waals surface area contributed by atoms with Crippen LogP contribution in [0.2, 0.25) is 18.1 Å². The van der Waals surface area contributed by atoms with Crippen LogP contribution in [0.4, 0.5) is 0 Å². The van der Waals surface area contributed by atoms with E-state index in [9.17, 15) is 4.79 Å². The summed E-state index contributed by atoms with van der Waals surface area (Å²) in [6, 6.07) is 7.06. The maximum atomic E-state index is 12.1. The third kappa shape index (κ3) is 6.59. The maximum Gasteiger partial charge on any atom is 0.338 e. The number of carbonyl (C=O) groups is 1. The maximum absolute atomic E-state index is 12.1. The fourth-order valence-corrected chi connectivity index (χ4v) is 4.17. The van der Waals surface area contributed by atoms with Gasteiger partial charge >= 0.3 is 5.97 Å². The molecule has 0 fully saturated rings. The van der Waals surface area contributed by atoms with E-state index >= 15 is 0 Å². The van der Waals surface area contributed by atoms with E-state index < -0.39 is 14.3 Å². The smallest absolute Gasteiger partial charge is 0.338 e. The summed E-state index contributed by atoms with van der Waals surface area (Å²) in [5.41, 5.74) is 1.51. The molecule has 160 valence electrons. The highest BCUT2D eigenvalue weighted by Crippen LogP contribution is 2.37. The molecule has 0 amide bonds. The lowest BCUT2D eigenvalue weighted by molar-refractivity contribution is 0.0599. The summed E-state index contributed by atoms with van der Waals surface area (Å²) in [5.74, 6) is 0.637. The first-order chi connectivity index (χ1) is 13.4. The van der Waals surface area contributed by atoms with Gasteiger partial charge in [0, 0.05) is 6.07 Å². The Morgan fingerprint density at radius 2 is 1.79 bits per heavy atom. The van der Waals surface area contributed by atoms with Gasteiger partial charge in [0.2, 0.25) is 0 Å². The molecular weight excluding hydrogens is 404 g/mol. The topological polar surface area (TPSA) is 54.0 Å². The van der Waals surface area contributed by atoms with Gasteiger partial charge in [-0.25, -0.2) is 4.79 Å². The molecule has 0 bridgehead atoms. The molecule has 1 atom stereocenters. The van der Waals surface area contributed by atoms with Crippen LogP contribution in [0.25, 0.3) is 0 Å². The molecule has 0 spiro atoms. The lowest BCUT2D eigenvalue weighted by Crippen LogP contribution is -2.43. The molecule has 7 heteroatoms. The summed E-state index contributed by atoms with van der Waals surface area (Å²) in [7, 11) is -0.501. The quantitative estimate of drug-likeness (QED) is 0.353. The second kappa shape index (κ2) is 9.32. The number of carbonyl (C=O) groups excluding carboxylic acids is 1. The number of methoxy groups -OCH3 is 1. The summed E-state index contributed by atoms with van der Waals surface area (Å²) >= 11 is 1.50. The standard InChI is InChI=1S/C22H32O5SSi/c1-15-9-20(28-14-15)27-19-11-17(21(23)24-6)10-18(12-19)26-16(2)13-25-29(7,8)22(3,4)5/h9-12,14,16H,13H2,1-8H3/t16-/m0/s1. The van der Waals surface area contributed by atoms with E-state index in [0.717, 1.165) is 10.6 Å². The number of hydrogen-bond donors (Lipinski definition) is 0. The highest BCUT2D eigenvalue weighted by Gasteiger charge is 2.37. The van der Waals surface area contributed by atoms with Crippen molar-refractivity contribution in [2.24, 2.45) is 0 Å². The fourth-order valence-electron chi connectivity index (χ4n) is 2.32. The van der Waals surface area contributed by atoms with Crippen LogP contribution in [0.5, 0.6) is 16.6 Å². The number of thiophene rings is 1. The Labute approximate surface area is 179 Å². The summed E-state index contributed by atoms with van der Waals surface area (Å²) in [4.78, 5) is 12.1. The lowest BCUT2D eigenvalue weighted by Gasteiger charge is -2.36. The zero-order chi connectivity index (χ0) is 21.8. The molecule has 0 aliphatic heterocycles. The molecule has 29 heavy (non-hydrogen) atoms. The zero-order valence-electron chi connectivity index (χ0n) is 18.6. The Bertz CT molecular complexity index is 838. The molecule has 0 radical (unpaired) electrons. The van der Waals surface area contributed by atoms with Crippen LogP contribution in [-0.2, 0) is 9.16 Å². The average Bonchev–Trinajstić information content (AvgIpc) is 3.03. The van der Waals surface area contributed by atoms with Crippen LogP contribution in [0.1, 0.15) is 43.6 Å². The van der Waals surface area contributed by atoms with Crippen molar-refractivity contribution in [3.63, 3.8) is 0 Å². The zero-order valence-corrected chi connectivity index (χ0v) is 20.4. The SMILES string of the molecule is COC(=O)c1cc(Oc2cc(C)cs2)cc(O[C@@H](C)CO[Si](C)(C)C(C)(C)C)c1. The van der Waals surface area contributed by atoms with Crippen LogP contribution in [0.15, 0.2) is 29.6 Å². The minimum Gasteiger partial charge on any atom is -0.488 e. The van der Waals surface area contributed by atoms with Gasteiger partial charge < -0.3 is 18.6 Å². The third-order valence-corrected chi connectivity index (χ3v) is 10.5. The summed E-state index contributed by atoms with van der Waals surface area (Å²) in [6.45, 7) is 15.5. The van der Waals surface area contributed by atoms with Gasteiger partial charge in [0.05, 0.1) is 19.3 Å². The minimum absolute atomic E-state index is 0.136.